The van der Waals surface area contributed by atoms with E-state index in [1.165, 1.54) is 25.5 Å². The molecule has 0 amide bonds. The van der Waals surface area contributed by atoms with Crippen molar-refractivity contribution >= 4 is 34.5 Å². The molecular formula is C16H12N4O4. The van der Waals surface area contributed by atoms with Gasteiger partial charge in [0, 0.05) is 11.6 Å². The van der Waals surface area contributed by atoms with Crippen LogP contribution >= 0.6 is 0 Å². The second-order valence-electron chi connectivity index (χ2n) is 4.89. The summed E-state index contributed by atoms with van der Waals surface area (Å²) >= 11 is 0. The summed E-state index contributed by atoms with van der Waals surface area (Å²) in [6.07, 6.45) is 3.01. The second-order valence-corrected chi connectivity index (χ2v) is 4.89. The minimum atomic E-state index is -0.767. The maximum atomic E-state index is 11.7. The third-order valence-corrected chi connectivity index (χ3v) is 3.43. The number of carbonyl (C=O) groups excluding carboxylic acids is 1. The maximum Gasteiger partial charge on any atom is 0.344 e. The van der Waals surface area contributed by atoms with Crippen LogP contribution in [-0.4, -0.2) is 34.4 Å². The minimum Gasteiger partial charge on any atom is -0.465 e. The number of ether oxygens (including phenoxy) is 1. The Bertz CT molecular complexity index is 962. The maximum absolute atomic E-state index is 11.7. The molecule has 1 N–H and O–H groups in total. The third-order valence-electron chi connectivity index (χ3n) is 3.43. The number of carbonyl (C=O) groups is 1. The Labute approximate surface area is 135 Å². The van der Waals surface area contributed by atoms with E-state index in [0.29, 0.717) is 5.69 Å². The number of nitro benzene ring substituents is 1. The average Bonchev–Trinajstić information content (AvgIpc) is 3.06. The molecule has 0 aliphatic carbocycles. The molecule has 0 aliphatic rings. The number of nitro groups is 1. The highest BCUT2D eigenvalue weighted by Crippen LogP contribution is 2.25. The monoisotopic (exact) mass is 324 g/mol. The fourth-order valence-electron chi connectivity index (χ4n) is 2.30. The number of hydrogen-bond acceptors (Lipinski definition) is 6. The van der Waals surface area contributed by atoms with Crippen LogP contribution < -0.4 is 0 Å². The molecule has 8 nitrogen and oxygen atoms in total. The quantitative estimate of drug-likeness (QED) is 0.343. The summed E-state index contributed by atoms with van der Waals surface area (Å²) < 4.78 is 4.59. The molecular weight excluding hydrogens is 312 g/mol. The van der Waals surface area contributed by atoms with Crippen LogP contribution in [0.5, 0.6) is 0 Å². The van der Waals surface area contributed by atoms with Gasteiger partial charge in [0.05, 0.1) is 35.0 Å². The van der Waals surface area contributed by atoms with Crippen LogP contribution in [0.4, 0.5) is 11.4 Å². The number of hydrogen-bond donors (Lipinski definition) is 1. The van der Waals surface area contributed by atoms with E-state index in [-0.39, 0.29) is 16.8 Å². The number of benzene rings is 2. The Morgan fingerprint density at radius 1 is 1.38 bits per heavy atom. The SMILES string of the molecule is COC(=O)c1cccc(C=Nc2ccc3[nH]ncc3c2)c1[N+](=O)[O-]. The third kappa shape index (κ3) is 2.84. The largest absolute Gasteiger partial charge is 0.465 e. The highest BCUT2D eigenvalue weighted by Gasteiger charge is 2.24. The molecule has 120 valence electrons. The summed E-state index contributed by atoms with van der Waals surface area (Å²) in [5.41, 5.74) is 1.25. The Hall–Kier alpha value is -3.55. The highest BCUT2D eigenvalue weighted by molar-refractivity contribution is 5.99. The van der Waals surface area contributed by atoms with Crippen molar-refractivity contribution in [2.24, 2.45) is 4.99 Å². The van der Waals surface area contributed by atoms with Gasteiger partial charge in [-0.3, -0.25) is 20.2 Å². The fraction of sp³-hybridized carbons (Fsp3) is 0.0625. The number of nitrogens with one attached hydrogen (secondary N) is 1. The van der Waals surface area contributed by atoms with Gasteiger partial charge >= 0.3 is 5.97 Å². The summed E-state index contributed by atoms with van der Waals surface area (Å²) in [5.74, 6) is -0.767. The van der Waals surface area contributed by atoms with Gasteiger partial charge in [0.15, 0.2) is 0 Å². The topological polar surface area (TPSA) is 110 Å². The van der Waals surface area contributed by atoms with Gasteiger partial charge in [-0.05, 0) is 30.3 Å². The van der Waals surface area contributed by atoms with Crippen molar-refractivity contribution in [1.29, 1.82) is 0 Å². The Balaban J connectivity index is 2.02. The molecule has 0 fully saturated rings. The highest BCUT2D eigenvalue weighted by atomic mass is 16.6. The zero-order chi connectivity index (χ0) is 17.1. The molecule has 0 unspecified atom stereocenters. The Kier molecular flexibility index (Phi) is 4.02. The molecule has 0 radical (unpaired) electrons. The number of rotatable bonds is 4. The van der Waals surface area contributed by atoms with Crippen LogP contribution in [-0.2, 0) is 4.74 Å². The first-order valence-electron chi connectivity index (χ1n) is 6.93. The lowest BCUT2D eigenvalue weighted by atomic mass is 10.1. The van der Waals surface area contributed by atoms with Crippen molar-refractivity contribution in [2.75, 3.05) is 7.11 Å². The van der Waals surface area contributed by atoms with Crippen LogP contribution in [0.15, 0.2) is 47.6 Å². The van der Waals surface area contributed by atoms with Crippen molar-refractivity contribution < 1.29 is 14.5 Å². The summed E-state index contributed by atoms with van der Waals surface area (Å²) in [5, 5.41) is 19.0. The lowest BCUT2D eigenvalue weighted by Crippen LogP contribution is -2.07. The lowest BCUT2D eigenvalue weighted by molar-refractivity contribution is -0.385. The van der Waals surface area contributed by atoms with Crippen molar-refractivity contribution in [3.8, 4) is 0 Å². The summed E-state index contributed by atoms with van der Waals surface area (Å²) in [6.45, 7) is 0. The number of para-hydroxylation sites is 1. The van der Waals surface area contributed by atoms with Crippen molar-refractivity contribution in [1.82, 2.24) is 10.2 Å². The normalized spacial score (nSPS) is 11.0. The molecule has 8 heteroatoms. The molecule has 24 heavy (non-hydrogen) atoms. The standard InChI is InChI=1S/C16H12N4O4/c1-24-16(21)13-4-2-3-10(15(13)20(22)23)8-17-12-5-6-14-11(7-12)9-18-19-14/h2-9H,1H3,(H,18,19). The van der Waals surface area contributed by atoms with Crippen LogP contribution in [0.3, 0.4) is 0 Å². The zero-order valence-corrected chi connectivity index (χ0v) is 12.6. The first kappa shape index (κ1) is 15.3. The van der Waals surface area contributed by atoms with E-state index < -0.39 is 10.9 Å². The predicted octanol–water partition coefficient (Wildman–Crippen LogP) is 3.01. The van der Waals surface area contributed by atoms with E-state index in [4.69, 9.17) is 0 Å². The number of aromatic nitrogens is 2. The number of aromatic amines is 1. The predicted molar refractivity (Wildman–Crippen MR) is 87.8 cm³/mol. The molecule has 0 spiro atoms. The van der Waals surface area contributed by atoms with Gasteiger partial charge in [-0.15, -0.1) is 0 Å². The second kappa shape index (κ2) is 6.29. The lowest BCUT2D eigenvalue weighted by Gasteiger charge is -2.03. The van der Waals surface area contributed by atoms with Gasteiger partial charge in [0.2, 0.25) is 0 Å². The van der Waals surface area contributed by atoms with Gasteiger partial charge in [-0.2, -0.15) is 5.10 Å². The summed E-state index contributed by atoms with van der Waals surface area (Å²) in [6, 6.07) is 9.77. The van der Waals surface area contributed by atoms with E-state index in [1.807, 2.05) is 6.07 Å². The molecule has 1 heterocycles. The van der Waals surface area contributed by atoms with Gasteiger partial charge in [-0.1, -0.05) is 6.07 Å². The van der Waals surface area contributed by atoms with Gasteiger partial charge in [-0.25, -0.2) is 4.79 Å². The zero-order valence-electron chi connectivity index (χ0n) is 12.6. The van der Waals surface area contributed by atoms with Gasteiger partial charge in [0.25, 0.3) is 5.69 Å². The molecule has 0 atom stereocenters. The average molecular weight is 324 g/mol. The van der Waals surface area contributed by atoms with Crippen LogP contribution in [0, 0.1) is 10.1 Å². The first-order chi connectivity index (χ1) is 11.6. The minimum absolute atomic E-state index is 0.114. The van der Waals surface area contributed by atoms with Gasteiger partial charge < -0.3 is 4.74 Å². The fourth-order valence-corrected chi connectivity index (χ4v) is 2.30. The van der Waals surface area contributed by atoms with E-state index in [2.05, 4.69) is 19.9 Å². The van der Waals surface area contributed by atoms with Gasteiger partial charge in [0.1, 0.15) is 5.56 Å². The number of fused-ring (bicyclic) bond motifs is 1. The van der Waals surface area contributed by atoms with E-state index in [0.717, 1.165) is 10.9 Å². The van der Waals surface area contributed by atoms with Crippen molar-refractivity contribution in [3.05, 3.63) is 63.8 Å². The van der Waals surface area contributed by atoms with Crippen molar-refractivity contribution in [2.45, 2.75) is 0 Å². The number of aliphatic imine (C=N–C) groups is 1. The van der Waals surface area contributed by atoms with Crippen molar-refractivity contribution in [3.63, 3.8) is 0 Å². The molecule has 3 aromatic rings. The van der Waals surface area contributed by atoms with Crippen LogP contribution in [0.2, 0.25) is 0 Å². The number of nitrogens with zero attached hydrogens (tertiary/aromatic N) is 3. The van der Waals surface area contributed by atoms with E-state index in [9.17, 15) is 14.9 Å². The molecule has 0 saturated carbocycles. The number of methoxy groups -OCH3 is 1. The summed E-state index contributed by atoms with van der Waals surface area (Å²) in [7, 11) is 1.17. The van der Waals surface area contributed by atoms with Crippen LogP contribution in [0.25, 0.3) is 10.9 Å². The molecule has 0 saturated heterocycles. The van der Waals surface area contributed by atoms with Crippen LogP contribution in [0.1, 0.15) is 15.9 Å². The molecule has 2 aromatic carbocycles. The molecule has 0 bridgehead atoms. The van der Waals surface area contributed by atoms with E-state index >= 15 is 0 Å². The first-order valence-corrected chi connectivity index (χ1v) is 6.93. The number of H-pyrrole nitrogens is 1. The molecule has 3 rings (SSSR count). The summed E-state index contributed by atoms with van der Waals surface area (Å²) in [4.78, 5) is 26.7. The smallest absolute Gasteiger partial charge is 0.344 e. The Morgan fingerprint density at radius 3 is 2.96 bits per heavy atom. The molecule has 0 aliphatic heterocycles. The number of esters is 1. The molecule has 1 aromatic heterocycles. The Morgan fingerprint density at radius 2 is 2.21 bits per heavy atom. The van der Waals surface area contributed by atoms with E-state index in [1.54, 1.807) is 24.4 Å².